The lowest BCUT2D eigenvalue weighted by Crippen LogP contribution is -2.30. The number of aliphatic carboxylic acids is 1. The second kappa shape index (κ2) is 9.08. The van der Waals surface area contributed by atoms with Crippen LogP contribution in [0.25, 0.3) is 0 Å². The minimum absolute atomic E-state index is 0.144. The number of nitrogens with one attached hydrogen (secondary N) is 1. The van der Waals surface area contributed by atoms with Crippen molar-refractivity contribution in [3.05, 3.63) is 71.8 Å². The quantitative estimate of drug-likeness (QED) is 0.622. The maximum absolute atomic E-state index is 10.7. The molecule has 0 aromatic heterocycles. The molecule has 0 bridgehead atoms. The second-order valence-corrected chi connectivity index (χ2v) is 5.65. The molecule has 2 aromatic carbocycles. The van der Waals surface area contributed by atoms with E-state index in [9.17, 15) is 4.79 Å². The lowest BCUT2D eigenvalue weighted by Gasteiger charge is -2.20. The van der Waals surface area contributed by atoms with Crippen molar-refractivity contribution in [3.8, 4) is 0 Å². The van der Waals surface area contributed by atoms with Crippen LogP contribution in [0.2, 0.25) is 0 Å². The predicted octanol–water partition coefficient (Wildman–Crippen LogP) is 2.95. The maximum Gasteiger partial charge on any atom is 0.320 e. The summed E-state index contributed by atoms with van der Waals surface area (Å²) in [5.74, 6) is -0.926. The zero-order chi connectivity index (χ0) is 16.5. The summed E-state index contributed by atoms with van der Waals surface area (Å²) in [6.07, 6.45) is 2.21. The van der Waals surface area contributed by atoms with Gasteiger partial charge < -0.3 is 16.2 Å². The number of carboxylic acid groups (broad SMARTS) is 1. The zero-order valence-corrected chi connectivity index (χ0v) is 13.2. The van der Waals surface area contributed by atoms with Gasteiger partial charge in [-0.25, -0.2) is 0 Å². The van der Waals surface area contributed by atoms with Crippen molar-refractivity contribution in [1.29, 1.82) is 0 Å². The smallest absolute Gasteiger partial charge is 0.320 e. The first-order valence-corrected chi connectivity index (χ1v) is 8.00. The molecule has 0 unspecified atom stereocenters. The Kier molecular flexibility index (Phi) is 6.78. The Morgan fingerprint density at radius 2 is 1.48 bits per heavy atom. The van der Waals surface area contributed by atoms with E-state index in [1.807, 2.05) is 36.4 Å². The van der Waals surface area contributed by atoms with Crippen LogP contribution in [0.4, 0.5) is 0 Å². The molecule has 1 atom stereocenters. The molecule has 2 aromatic rings. The molecule has 4 nitrogen and oxygen atoms in total. The van der Waals surface area contributed by atoms with E-state index >= 15 is 0 Å². The van der Waals surface area contributed by atoms with Crippen molar-refractivity contribution in [3.63, 3.8) is 0 Å². The van der Waals surface area contributed by atoms with Crippen molar-refractivity contribution in [2.45, 2.75) is 31.3 Å². The molecule has 0 aliphatic heterocycles. The molecule has 0 saturated heterocycles. The first kappa shape index (κ1) is 17.2. The van der Waals surface area contributed by atoms with Gasteiger partial charge in [0.1, 0.15) is 6.04 Å². The van der Waals surface area contributed by atoms with Crippen LogP contribution in [0.15, 0.2) is 60.7 Å². The lowest BCUT2D eigenvalue weighted by molar-refractivity contribution is -0.138. The summed E-state index contributed by atoms with van der Waals surface area (Å²) in [5.41, 5.74) is 7.97. The van der Waals surface area contributed by atoms with Gasteiger partial charge in [0.2, 0.25) is 0 Å². The number of benzene rings is 2. The highest BCUT2D eigenvalue weighted by Gasteiger charge is 2.13. The maximum atomic E-state index is 10.7. The van der Waals surface area contributed by atoms with Gasteiger partial charge in [0.05, 0.1) is 6.04 Å². The van der Waals surface area contributed by atoms with Crippen molar-refractivity contribution >= 4 is 5.97 Å². The van der Waals surface area contributed by atoms with E-state index in [0.29, 0.717) is 6.42 Å². The molecule has 0 amide bonds. The summed E-state index contributed by atoms with van der Waals surface area (Å²) in [7, 11) is 0. The number of carbonyl (C=O) groups is 1. The molecule has 0 heterocycles. The number of carboxylic acids is 1. The van der Waals surface area contributed by atoms with Gasteiger partial charge in [0, 0.05) is 0 Å². The molecule has 0 aliphatic rings. The summed E-state index contributed by atoms with van der Waals surface area (Å²) < 4.78 is 0. The lowest BCUT2D eigenvalue weighted by atomic mass is 9.98. The number of hydrogen-bond donors (Lipinski definition) is 3. The summed E-state index contributed by atoms with van der Waals surface area (Å²) in [4.78, 5) is 10.7. The van der Waals surface area contributed by atoms with Gasteiger partial charge in [-0.15, -0.1) is 0 Å². The third kappa shape index (κ3) is 5.51. The molecule has 122 valence electrons. The minimum Gasteiger partial charge on any atom is -0.480 e. The van der Waals surface area contributed by atoms with Crippen molar-refractivity contribution in [2.75, 3.05) is 6.54 Å². The SMILES string of the molecule is N[C@@H](CCCCNC(c1ccccc1)c1ccccc1)C(=O)O. The number of unbranched alkanes of at least 4 members (excludes halogenated alkanes) is 1. The van der Waals surface area contributed by atoms with Gasteiger partial charge in [-0.1, -0.05) is 67.1 Å². The zero-order valence-electron chi connectivity index (χ0n) is 13.2. The summed E-state index contributed by atoms with van der Waals surface area (Å²) in [6, 6.07) is 20.0. The number of rotatable bonds is 9. The average Bonchev–Trinajstić information content (AvgIpc) is 2.59. The predicted molar refractivity (Wildman–Crippen MR) is 92.2 cm³/mol. The highest BCUT2D eigenvalue weighted by molar-refractivity contribution is 5.72. The number of nitrogens with two attached hydrogens (primary N) is 1. The topological polar surface area (TPSA) is 75.3 Å². The molecule has 0 spiro atoms. The Morgan fingerprint density at radius 3 is 1.96 bits per heavy atom. The van der Waals surface area contributed by atoms with E-state index in [4.69, 9.17) is 10.8 Å². The van der Waals surface area contributed by atoms with Crippen LogP contribution in [0.5, 0.6) is 0 Å². The van der Waals surface area contributed by atoms with Gasteiger partial charge in [-0.2, -0.15) is 0 Å². The molecule has 0 saturated carbocycles. The van der Waals surface area contributed by atoms with Crippen LogP contribution in [-0.4, -0.2) is 23.7 Å². The minimum atomic E-state index is -0.926. The van der Waals surface area contributed by atoms with Crippen LogP contribution >= 0.6 is 0 Å². The molecule has 2 rings (SSSR count). The fourth-order valence-corrected chi connectivity index (χ4v) is 2.58. The van der Waals surface area contributed by atoms with Crippen molar-refractivity contribution < 1.29 is 9.90 Å². The second-order valence-electron chi connectivity index (χ2n) is 5.65. The largest absolute Gasteiger partial charge is 0.480 e. The molecule has 0 radical (unpaired) electrons. The Labute approximate surface area is 137 Å². The Morgan fingerprint density at radius 1 is 0.957 bits per heavy atom. The van der Waals surface area contributed by atoms with Crippen molar-refractivity contribution in [2.24, 2.45) is 5.73 Å². The third-order valence-electron chi connectivity index (χ3n) is 3.87. The molecule has 4 heteroatoms. The molecule has 0 fully saturated rings. The van der Waals surface area contributed by atoms with Crippen LogP contribution in [-0.2, 0) is 4.79 Å². The summed E-state index contributed by atoms with van der Waals surface area (Å²) in [6.45, 7) is 0.820. The van der Waals surface area contributed by atoms with Crippen LogP contribution < -0.4 is 11.1 Å². The monoisotopic (exact) mass is 312 g/mol. The molecular weight excluding hydrogens is 288 g/mol. The van der Waals surface area contributed by atoms with Crippen molar-refractivity contribution in [1.82, 2.24) is 5.32 Å². The Balaban J connectivity index is 1.91. The standard InChI is InChI=1S/C19H24N2O2/c20-17(19(22)23)13-7-8-14-21-18(15-9-3-1-4-10-15)16-11-5-2-6-12-16/h1-6,9-12,17-18,21H,7-8,13-14,20H2,(H,22,23)/t17-/m0/s1. The fourth-order valence-electron chi connectivity index (χ4n) is 2.58. The first-order valence-electron chi connectivity index (χ1n) is 8.00. The third-order valence-corrected chi connectivity index (χ3v) is 3.87. The molecular formula is C19H24N2O2. The van der Waals surface area contributed by atoms with Gasteiger partial charge in [0.15, 0.2) is 0 Å². The normalized spacial score (nSPS) is 12.3. The number of hydrogen-bond acceptors (Lipinski definition) is 3. The van der Waals surface area contributed by atoms with Gasteiger partial charge in [0.25, 0.3) is 0 Å². The Bertz CT molecular complexity index is 547. The van der Waals surface area contributed by atoms with Gasteiger partial charge in [-0.3, -0.25) is 4.79 Å². The molecule has 0 aliphatic carbocycles. The molecule has 4 N–H and O–H groups in total. The van der Waals surface area contributed by atoms with E-state index in [-0.39, 0.29) is 6.04 Å². The average molecular weight is 312 g/mol. The van der Waals surface area contributed by atoms with E-state index in [0.717, 1.165) is 19.4 Å². The first-order chi connectivity index (χ1) is 11.2. The van der Waals surface area contributed by atoms with Gasteiger partial charge >= 0.3 is 5.97 Å². The van der Waals surface area contributed by atoms with Gasteiger partial charge in [-0.05, 0) is 30.5 Å². The highest BCUT2D eigenvalue weighted by atomic mass is 16.4. The summed E-state index contributed by atoms with van der Waals surface area (Å²) >= 11 is 0. The van der Waals surface area contributed by atoms with E-state index in [2.05, 4.69) is 29.6 Å². The molecule has 23 heavy (non-hydrogen) atoms. The van der Waals surface area contributed by atoms with Crippen LogP contribution in [0.1, 0.15) is 36.4 Å². The van der Waals surface area contributed by atoms with E-state index < -0.39 is 12.0 Å². The van der Waals surface area contributed by atoms with E-state index in [1.54, 1.807) is 0 Å². The van der Waals surface area contributed by atoms with Crippen LogP contribution in [0.3, 0.4) is 0 Å². The van der Waals surface area contributed by atoms with Crippen LogP contribution in [0, 0.1) is 0 Å². The fraction of sp³-hybridized carbons (Fsp3) is 0.316. The Hall–Kier alpha value is -2.17. The highest BCUT2D eigenvalue weighted by Crippen LogP contribution is 2.21. The van der Waals surface area contributed by atoms with E-state index in [1.165, 1.54) is 11.1 Å². The summed E-state index contributed by atoms with van der Waals surface area (Å²) in [5, 5.41) is 12.4.